The first-order chi connectivity index (χ1) is 9.74. The predicted molar refractivity (Wildman–Crippen MR) is 73.7 cm³/mol. The molecule has 0 radical (unpaired) electrons. The highest BCUT2D eigenvalue weighted by atomic mass is 32.2. The van der Waals surface area contributed by atoms with Crippen LogP contribution in [-0.4, -0.2) is 36.6 Å². The molecule has 0 spiro atoms. The zero-order valence-corrected chi connectivity index (χ0v) is 11.6. The van der Waals surface area contributed by atoms with Crippen molar-refractivity contribution in [3.63, 3.8) is 0 Å². The van der Waals surface area contributed by atoms with Gasteiger partial charge in [0.05, 0.1) is 5.75 Å². The molecule has 1 fully saturated rings. The van der Waals surface area contributed by atoms with E-state index in [1.165, 1.54) is 11.8 Å². The highest BCUT2D eigenvalue weighted by molar-refractivity contribution is 7.99. The van der Waals surface area contributed by atoms with Crippen molar-refractivity contribution in [3.8, 4) is 0 Å². The summed E-state index contributed by atoms with van der Waals surface area (Å²) in [4.78, 5) is 14.8. The third-order valence-corrected chi connectivity index (χ3v) is 3.98. The number of carboxylic acid groups (broad SMARTS) is 1. The standard InChI is InChI=1S/C13H14N4O2S/c18-12(19)8-20-13-16-15-11(17(13)10-3-4-10)6-9-2-1-5-14-7-9/h1-2,5,7,10H,3-4,6,8H2,(H,18,19). The molecule has 7 heteroatoms. The van der Waals surface area contributed by atoms with Crippen LogP contribution in [0.5, 0.6) is 0 Å². The van der Waals surface area contributed by atoms with Gasteiger partial charge in [0.25, 0.3) is 0 Å². The Hall–Kier alpha value is -1.89. The fraction of sp³-hybridized carbons (Fsp3) is 0.385. The minimum atomic E-state index is -0.839. The summed E-state index contributed by atoms with van der Waals surface area (Å²) in [6, 6.07) is 4.32. The Morgan fingerprint density at radius 1 is 1.45 bits per heavy atom. The first-order valence-corrected chi connectivity index (χ1v) is 7.40. The van der Waals surface area contributed by atoms with E-state index in [0.717, 1.165) is 24.2 Å². The minimum Gasteiger partial charge on any atom is -0.481 e. The topological polar surface area (TPSA) is 80.9 Å². The first kappa shape index (κ1) is 13.1. The van der Waals surface area contributed by atoms with Crippen LogP contribution in [0.25, 0.3) is 0 Å². The SMILES string of the molecule is O=C(O)CSc1nnc(Cc2cccnc2)n1C1CC1. The van der Waals surface area contributed by atoms with Crippen molar-refractivity contribution in [2.24, 2.45) is 0 Å². The average molecular weight is 290 g/mol. The molecule has 2 aromatic rings. The molecule has 1 aliphatic rings. The van der Waals surface area contributed by atoms with Crippen molar-refractivity contribution < 1.29 is 9.90 Å². The summed E-state index contributed by atoms with van der Waals surface area (Å²) in [5.41, 5.74) is 1.08. The average Bonchev–Trinajstić information content (AvgIpc) is 3.20. The number of hydrogen-bond donors (Lipinski definition) is 1. The van der Waals surface area contributed by atoms with E-state index in [1.54, 1.807) is 6.20 Å². The lowest BCUT2D eigenvalue weighted by Crippen LogP contribution is -2.06. The number of thioether (sulfide) groups is 1. The molecular weight excluding hydrogens is 276 g/mol. The van der Waals surface area contributed by atoms with Crippen LogP contribution in [-0.2, 0) is 11.2 Å². The van der Waals surface area contributed by atoms with Crippen LogP contribution in [0.4, 0.5) is 0 Å². The van der Waals surface area contributed by atoms with Crippen molar-refractivity contribution in [1.82, 2.24) is 19.7 Å². The maximum Gasteiger partial charge on any atom is 0.313 e. The zero-order valence-electron chi connectivity index (χ0n) is 10.8. The molecular formula is C13H14N4O2S. The minimum absolute atomic E-state index is 0.0117. The van der Waals surface area contributed by atoms with Crippen LogP contribution in [0.1, 0.15) is 30.3 Å². The molecule has 0 aliphatic heterocycles. The quantitative estimate of drug-likeness (QED) is 0.817. The molecule has 1 N–H and O–H groups in total. The van der Waals surface area contributed by atoms with Gasteiger partial charge in [0, 0.05) is 24.9 Å². The lowest BCUT2D eigenvalue weighted by Gasteiger charge is -2.07. The molecule has 6 nitrogen and oxygen atoms in total. The molecule has 0 bridgehead atoms. The number of nitrogens with zero attached hydrogens (tertiary/aromatic N) is 4. The second-order valence-corrected chi connectivity index (χ2v) is 5.66. The number of carbonyl (C=O) groups is 1. The maximum absolute atomic E-state index is 10.7. The van der Waals surface area contributed by atoms with E-state index >= 15 is 0 Å². The number of pyridine rings is 1. The van der Waals surface area contributed by atoms with Crippen molar-refractivity contribution in [2.75, 3.05) is 5.75 Å². The Balaban J connectivity index is 1.82. The summed E-state index contributed by atoms with van der Waals surface area (Å²) in [7, 11) is 0. The van der Waals surface area contributed by atoms with E-state index in [9.17, 15) is 4.79 Å². The lowest BCUT2D eigenvalue weighted by molar-refractivity contribution is -0.133. The van der Waals surface area contributed by atoms with Gasteiger partial charge < -0.3 is 9.67 Å². The fourth-order valence-corrected chi connectivity index (χ4v) is 2.78. The van der Waals surface area contributed by atoms with Crippen LogP contribution in [0.3, 0.4) is 0 Å². The Labute approximate surface area is 120 Å². The molecule has 1 aliphatic carbocycles. The van der Waals surface area contributed by atoms with Gasteiger partial charge in [0.15, 0.2) is 5.16 Å². The smallest absolute Gasteiger partial charge is 0.313 e. The van der Waals surface area contributed by atoms with Crippen LogP contribution in [0.15, 0.2) is 29.7 Å². The van der Waals surface area contributed by atoms with E-state index in [1.807, 2.05) is 18.3 Å². The van der Waals surface area contributed by atoms with E-state index in [0.29, 0.717) is 17.6 Å². The molecule has 3 rings (SSSR count). The van der Waals surface area contributed by atoms with E-state index < -0.39 is 5.97 Å². The van der Waals surface area contributed by atoms with Crippen molar-refractivity contribution in [3.05, 3.63) is 35.9 Å². The molecule has 1 saturated carbocycles. The third kappa shape index (κ3) is 2.98. The summed E-state index contributed by atoms with van der Waals surface area (Å²) in [5.74, 6) is 0.0557. The van der Waals surface area contributed by atoms with Crippen LogP contribution < -0.4 is 0 Å². The third-order valence-electron chi connectivity index (χ3n) is 3.06. The highest BCUT2D eigenvalue weighted by Gasteiger charge is 2.29. The summed E-state index contributed by atoms with van der Waals surface area (Å²) in [6.07, 6.45) is 6.45. The second-order valence-electron chi connectivity index (χ2n) is 4.72. The molecule has 104 valence electrons. The van der Waals surface area contributed by atoms with Gasteiger partial charge in [0.2, 0.25) is 0 Å². The summed E-state index contributed by atoms with van der Waals surface area (Å²) in [6.45, 7) is 0. The lowest BCUT2D eigenvalue weighted by atomic mass is 10.2. The largest absolute Gasteiger partial charge is 0.481 e. The Bertz CT molecular complexity index is 610. The zero-order chi connectivity index (χ0) is 13.9. The van der Waals surface area contributed by atoms with Crippen LogP contribution in [0.2, 0.25) is 0 Å². The molecule has 0 aromatic carbocycles. The second kappa shape index (κ2) is 5.62. The van der Waals surface area contributed by atoms with Gasteiger partial charge in [-0.1, -0.05) is 17.8 Å². The van der Waals surface area contributed by atoms with E-state index in [2.05, 4.69) is 19.7 Å². The van der Waals surface area contributed by atoms with E-state index in [4.69, 9.17) is 5.11 Å². The summed E-state index contributed by atoms with van der Waals surface area (Å²) in [5, 5.41) is 17.8. The number of carboxylic acids is 1. The van der Waals surface area contributed by atoms with Gasteiger partial charge in [-0.25, -0.2) is 0 Å². The number of aliphatic carboxylic acids is 1. The molecule has 0 amide bonds. The Morgan fingerprint density at radius 3 is 2.95 bits per heavy atom. The van der Waals surface area contributed by atoms with Gasteiger partial charge in [-0.15, -0.1) is 10.2 Å². The van der Waals surface area contributed by atoms with Gasteiger partial charge in [0.1, 0.15) is 5.82 Å². The molecule has 0 atom stereocenters. The van der Waals surface area contributed by atoms with Crippen LogP contribution >= 0.6 is 11.8 Å². The van der Waals surface area contributed by atoms with Crippen molar-refractivity contribution >= 4 is 17.7 Å². The van der Waals surface area contributed by atoms with E-state index in [-0.39, 0.29) is 5.75 Å². The molecule has 20 heavy (non-hydrogen) atoms. The van der Waals surface area contributed by atoms with Gasteiger partial charge >= 0.3 is 5.97 Å². The van der Waals surface area contributed by atoms with Gasteiger partial charge in [-0.05, 0) is 24.5 Å². The number of aromatic nitrogens is 4. The van der Waals surface area contributed by atoms with Crippen LogP contribution in [0, 0.1) is 0 Å². The maximum atomic E-state index is 10.7. The Morgan fingerprint density at radius 2 is 2.30 bits per heavy atom. The fourth-order valence-electron chi connectivity index (χ4n) is 2.04. The predicted octanol–water partition coefficient (Wildman–Crippen LogP) is 1.78. The number of rotatable bonds is 6. The highest BCUT2D eigenvalue weighted by Crippen LogP contribution is 2.39. The normalized spacial score (nSPS) is 14.4. The van der Waals surface area contributed by atoms with Crippen molar-refractivity contribution in [2.45, 2.75) is 30.5 Å². The summed E-state index contributed by atoms with van der Waals surface area (Å²) >= 11 is 1.23. The molecule has 0 saturated heterocycles. The van der Waals surface area contributed by atoms with Gasteiger partial charge in [-0.2, -0.15) is 0 Å². The molecule has 0 unspecified atom stereocenters. The monoisotopic (exact) mass is 290 g/mol. The van der Waals surface area contributed by atoms with Gasteiger partial charge in [-0.3, -0.25) is 9.78 Å². The molecule has 2 aromatic heterocycles. The summed E-state index contributed by atoms with van der Waals surface area (Å²) < 4.78 is 2.08. The number of hydrogen-bond acceptors (Lipinski definition) is 5. The Kier molecular flexibility index (Phi) is 3.68. The molecule has 2 heterocycles. The first-order valence-electron chi connectivity index (χ1n) is 6.41. The van der Waals surface area contributed by atoms with Crippen molar-refractivity contribution in [1.29, 1.82) is 0 Å².